The summed E-state index contributed by atoms with van der Waals surface area (Å²) in [6, 6.07) is 3.21. The van der Waals surface area contributed by atoms with Crippen LogP contribution in [0.4, 0.5) is 10.1 Å². The Labute approximate surface area is 104 Å². The second-order valence-electron chi connectivity index (χ2n) is 4.30. The Bertz CT molecular complexity index is 504. The van der Waals surface area contributed by atoms with Gasteiger partial charge in [-0.25, -0.2) is 4.39 Å². The molecule has 18 heavy (non-hydrogen) atoms. The van der Waals surface area contributed by atoms with Crippen LogP contribution in [-0.2, 0) is 4.79 Å². The molecule has 1 fully saturated rings. The first kappa shape index (κ1) is 12.3. The summed E-state index contributed by atoms with van der Waals surface area (Å²) in [6.45, 7) is 0.413. The topological polar surface area (TPSA) is 89.4 Å². The first-order valence-electron chi connectivity index (χ1n) is 5.66. The number of nitrogen functional groups attached to an aromatic ring is 1. The summed E-state index contributed by atoms with van der Waals surface area (Å²) in [5.41, 5.74) is 10.8. The van der Waals surface area contributed by atoms with Gasteiger partial charge in [0.2, 0.25) is 5.91 Å². The van der Waals surface area contributed by atoms with E-state index in [4.69, 9.17) is 11.5 Å². The fraction of sp³-hybridized carbons (Fsp3) is 0.333. The molecular weight excluding hydrogens is 237 g/mol. The quantitative estimate of drug-likeness (QED) is 0.750. The van der Waals surface area contributed by atoms with Crippen molar-refractivity contribution in [3.05, 3.63) is 29.6 Å². The largest absolute Gasteiger partial charge is 0.399 e. The number of anilines is 1. The third kappa shape index (κ3) is 2.13. The van der Waals surface area contributed by atoms with E-state index in [1.54, 1.807) is 0 Å². The first-order chi connectivity index (χ1) is 8.50. The van der Waals surface area contributed by atoms with E-state index in [0.29, 0.717) is 19.4 Å². The average Bonchev–Trinajstić information content (AvgIpc) is 2.77. The van der Waals surface area contributed by atoms with E-state index in [1.165, 1.54) is 17.0 Å². The molecule has 1 unspecified atom stereocenters. The fourth-order valence-corrected chi connectivity index (χ4v) is 2.17. The molecule has 0 aromatic heterocycles. The van der Waals surface area contributed by atoms with Crippen molar-refractivity contribution in [2.75, 3.05) is 12.3 Å². The Kier molecular flexibility index (Phi) is 3.18. The van der Waals surface area contributed by atoms with E-state index in [-0.39, 0.29) is 11.3 Å². The number of carbonyl (C=O) groups is 2. The van der Waals surface area contributed by atoms with E-state index < -0.39 is 23.7 Å². The maximum absolute atomic E-state index is 13.6. The minimum atomic E-state index is -0.685. The summed E-state index contributed by atoms with van der Waals surface area (Å²) in [5, 5.41) is 0. The van der Waals surface area contributed by atoms with Crippen molar-refractivity contribution >= 4 is 17.5 Å². The molecule has 1 aliphatic heterocycles. The van der Waals surface area contributed by atoms with E-state index >= 15 is 0 Å². The van der Waals surface area contributed by atoms with Crippen LogP contribution in [-0.4, -0.2) is 29.3 Å². The highest BCUT2D eigenvalue weighted by Crippen LogP contribution is 2.22. The maximum atomic E-state index is 13.6. The smallest absolute Gasteiger partial charge is 0.257 e. The number of hydrogen-bond donors (Lipinski definition) is 2. The number of rotatable bonds is 2. The zero-order valence-electron chi connectivity index (χ0n) is 9.73. The van der Waals surface area contributed by atoms with Crippen LogP contribution in [0.5, 0.6) is 0 Å². The minimum absolute atomic E-state index is 0.0858. The molecule has 0 spiro atoms. The van der Waals surface area contributed by atoms with Crippen LogP contribution in [0.15, 0.2) is 18.2 Å². The van der Waals surface area contributed by atoms with Crippen LogP contribution in [0.2, 0.25) is 0 Å². The Morgan fingerprint density at radius 1 is 1.39 bits per heavy atom. The van der Waals surface area contributed by atoms with Crippen LogP contribution >= 0.6 is 0 Å². The summed E-state index contributed by atoms with van der Waals surface area (Å²) in [6.07, 6.45) is 1.22. The molecular formula is C12H14FN3O2. The number of amides is 2. The third-order valence-corrected chi connectivity index (χ3v) is 3.07. The summed E-state index contributed by atoms with van der Waals surface area (Å²) in [4.78, 5) is 24.6. The second kappa shape index (κ2) is 4.64. The Balaban J connectivity index is 2.28. The highest BCUT2D eigenvalue weighted by atomic mass is 19.1. The van der Waals surface area contributed by atoms with Gasteiger partial charge in [0.1, 0.15) is 11.9 Å². The number of likely N-dealkylation sites (tertiary alicyclic amines) is 1. The van der Waals surface area contributed by atoms with Gasteiger partial charge >= 0.3 is 0 Å². The van der Waals surface area contributed by atoms with Gasteiger partial charge in [-0.15, -0.1) is 0 Å². The van der Waals surface area contributed by atoms with E-state index in [0.717, 1.165) is 6.07 Å². The predicted molar refractivity (Wildman–Crippen MR) is 64.1 cm³/mol. The van der Waals surface area contributed by atoms with Crippen molar-refractivity contribution in [3.8, 4) is 0 Å². The molecule has 0 saturated carbocycles. The SMILES string of the molecule is NC(=O)C1CCCN1C(=O)c1ccc(N)cc1F. The van der Waals surface area contributed by atoms with Crippen LogP contribution in [0, 0.1) is 5.82 Å². The van der Waals surface area contributed by atoms with Crippen molar-refractivity contribution in [2.45, 2.75) is 18.9 Å². The molecule has 1 saturated heterocycles. The van der Waals surface area contributed by atoms with Gasteiger partial charge in [-0.1, -0.05) is 0 Å². The van der Waals surface area contributed by atoms with Crippen molar-refractivity contribution in [2.24, 2.45) is 5.73 Å². The minimum Gasteiger partial charge on any atom is -0.399 e. The molecule has 1 aromatic carbocycles. The lowest BCUT2D eigenvalue weighted by Gasteiger charge is -2.22. The van der Waals surface area contributed by atoms with Gasteiger partial charge in [-0.05, 0) is 31.0 Å². The average molecular weight is 251 g/mol. The lowest BCUT2D eigenvalue weighted by molar-refractivity contribution is -0.121. The molecule has 6 heteroatoms. The van der Waals surface area contributed by atoms with Crippen molar-refractivity contribution < 1.29 is 14.0 Å². The number of halogens is 1. The van der Waals surface area contributed by atoms with Crippen molar-refractivity contribution in [3.63, 3.8) is 0 Å². The molecule has 2 amide bonds. The van der Waals surface area contributed by atoms with Crippen LogP contribution < -0.4 is 11.5 Å². The zero-order chi connectivity index (χ0) is 13.3. The Hall–Kier alpha value is -2.11. The molecule has 0 aliphatic carbocycles. The number of primary amides is 1. The third-order valence-electron chi connectivity index (χ3n) is 3.07. The second-order valence-corrected chi connectivity index (χ2v) is 4.30. The van der Waals surface area contributed by atoms with Crippen LogP contribution in [0.25, 0.3) is 0 Å². The summed E-state index contributed by atoms with van der Waals surface area (Å²) in [5.74, 6) is -1.76. The molecule has 0 radical (unpaired) electrons. The fourth-order valence-electron chi connectivity index (χ4n) is 2.17. The molecule has 0 bridgehead atoms. The number of nitrogens with two attached hydrogens (primary N) is 2. The summed E-state index contributed by atoms with van der Waals surface area (Å²) >= 11 is 0. The first-order valence-corrected chi connectivity index (χ1v) is 5.66. The normalized spacial score (nSPS) is 18.9. The van der Waals surface area contributed by atoms with Gasteiger partial charge in [0.25, 0.3) is 5.91 Å². The predicted octanol–water partition coefficient (Wildman–Crippen LogP) is 0.498. The maximum Gasteiger partial charge on any atom is 0.257 e. The van der Waals surface area contributed by atoms with Crippen LogP contribution in [0.1, 0.15) is 23.2 Å². The van der Waals surface area contributed by atoms with E-state index in [1.807, 2.05) is 0 Å². The van der Waals surface area contributed by atoms with Gasteiger partial charge in [0.05, 0.1) is 5.56 Å². The molecule has 1 aliphatic rings. The number of hydrogen-bond acceptors (Lipinski definition) is 3. The standard InChI is InChI=1S/C12H14FN3O2/c13-9-6-7(14)3-4-8(9)12(18)16-5-1-2-10(16)11(15)17/h3-4,6,10H,1-2,5,14H2,(H2,15,17). The van der Waals surface area contributed by atoms with Crippen molar-refractivity contribution in [1.82, 2.24) is 4.90 Å². The lowest BCUT2D eigenvalue weighted by atomic mass is 10.1. The zero-order valence-corrected chi connectivity index (χ0v) is 9.73. The molecule has 5 nitrogen and oxygen atoms in total. The van der Waals surface area contributed by atoms with Crippen molar-refractivity contribution in [1.29, 1.82) is 0 Å². The van der Waals surface area contributed by atoms with Gasteiger partial charge in [-0.2, -0.15) is 0 Å². The number of nitrogens with zero attached hydrogens (tertiary/aromatic N) is 1. The van der Waals surface area contributed by atoms with Gasteiger partial charge < -0.3 is 16.4 Å². The summed E-state index contributed by atoms with van der Waals surface area (Å²) < 4.78 is 13.6. The Morgan fingerprint density at radius 3 is 2.72 bits per heavy atom. The Morgan fingerprint density at radius 2 is 2.11 bits per heavy atom. The monoisotopic (exact) mass is 251 g/mol. The molecule has 1 atom stereocenters. The lowest BCUT2D eigenvalue weighted by Crippen LogP contribution is -2.43. The summed E-state index contributed by atoms with van der Waals surface area (Å²) in [7, 11) is 0. The van der Waals surface area contributed by atoms with Gasteiger partial charge in [-0.3, -0.25) is 9.59 Å². The van der Waals surface area contributed by atoms with E-state index in [9.17, 15) is 14.0 Å². The number of carbonyl (C=O) groups excluding carboxylic acids is 2. The highest BCUT2D eigenvalue weighted by Gasteiger charge is 2.34. The highest BCUT2D eigenvalue weighted by molar-refractivity contribution is 5.98. The molecule has 2 rings (SSSR count). The molecule has 1 heterocycles. The molecule has 96 valence electrons. The van der Waals surface area contributed by atoms with E-state index in [2.05, 4.69) is 0 Å². The molecule has 1 aromatic rings. The van der Waals surface area contributed by atoms with Crippen LogP contribution in [0.3, 0.4) is 0 Å². The number of benzene rings is 1. The molecule has 4 N–H and O–H groups in total. The van der Waals surface area contributed by atoms with Gasteiger partial charge in [0, 0.05) is 12.2 Å². The van der Waals surface area contributed by atoms with Gasteiger partial charge in [0.15, 0.2) is 0 Å².